The van der Waals surface area contributed by atoms with Gasteiger partial charge in [-0.1, -0.05) is 0 Å². The quantitative estimate of drug-likeness (QED) is 0.614. The lowest BCUT2D eigenvalue weighted by Gasteiger charge is -2.35. The van der Waals surface area contributed by atoms with Crippen LogP contribution >= 0.6 is 0 Å². The highest BCUT2D eigenvalue weighted by Gasteiger charge is 2.52. The SMILES string of the molecule is c1c[nH]c(C23CC(CN2)C3)n1. The third-order valence-electron chi connectivity index (χ3n) is 2.95. The summed E-state index contributed by atoms with van der Waals surface area (Å²) in [5.41, 5.74) is 0.244. The van der Waals surface area contributed by atoms with Gasteiger partial charge in [-0.2, -0.15) is 0 Å². The van der Waals surface area contributed by atoms with Crippen LogP contribution in [0, 0.1) is 5.92 Å². The van der Waals surface area contributed by atoms with Gasteiger partial charge >= 0.3 is 0 Å². The maximum atomic E-state index is 4.29. The second-order valence-electron chi connectivity index (χ2n) is 3.68. The van der Waals surface area contributed by atoms with E-state index in [9.17, 15) is 0 Å². The molecule has 2 N–H and O–H groups in total. The molecular formula is C8H11N3. The van der Waals surface area contributed by atoms with Crippen molar-refractivity contribution in [1.82, 2.24) is 15.3 Å². The van der Waals surface area contributed by atoms with Crippen LogP contribution in [0.4, 0.5) is 0 Å². The molecule has 2 bridgehead atoms. The summed E-state index contributed by atoms with van der Waals surface area (Å²) in [7, 11) is 0. The molecule has 3 fully saturated rings. The van der Waals surface area contributed by atoms with E-state index in [-0.39, 0.29) is 5.54 Å². The first-order valence-corrected chi connectivity index (χ1v) is 4.14. The van der Waals surface area contributed by atoms with Gasteiger partial charge in [-0.15, -0.1) is 0 Å². The number of nitrogens with zero attached hydrogens (tertiary/aromatic N) is 1. The molecule has 1 aromatic rings. The normalized spacial score (nSPS) is 40.5. The molecule has 1 aliphatic carbocycles. The van der Waals surface area contributed by atoms with Crippen molar-refractivity contribution >= 4 is 0 Å². The Hall–Kier alpha value is -0.830. The summed E-state index contributed by atoms with van der Waals surface area (Å²) >= 11 is 0. The lowest BCUT2D eigenvalue weighted by Crippen LogP contribution is -2.40. The van der Waals surface area contributed by atoms with Crippen LogP contribution in [0.25, 0.3) is 0 Å². The molecule has 0 unspecified atom stereocenters. The molecular weight excluding hydrogens is 138 g/mol. The molecule has 11 heavy (non-hydrogen) atoms. The Kier molecular flexibility index (Phi) is 0.874. The molecule has 3 heterocycles. The Bertz CT molecular complexity index is 253. The van der Waals surface area contributed by atoms with Gasteiger partial charge in [-0.05, 0) is 25.3 Å². The van der Waals surface area contributed by atoms with Gasteiger partial charge in [-0.3, -0.25) is 0 Å². The fourth-order valence-corrected chi connectivity index (χ4v) is 2.36. The number of aromatic amines is 1. The number of nitrogens with one attached hydrogen (secondary N) is 2. The van der Waals surface area contributed by atoms with Gasteiger partial charge in [0.15, 0.2) is 0 Å². The summed E-state index contributed by atoms with van der Waals surface area (Å²) in [6.07, 6.45) is 6.29. The third-order valence-corrected chi connectivity index (χ3v) is 2.95. The van der Waals surface area contributed by atoms with E-state index in [0.29, 0.717) is 0 Å². The van der Waals surface area contributed by atoms with Crippen LogP contribution in [0.1, 0.15) is 18.7 Å². The first-order chi connectivity index (χ1) is 5.39. The zero-order valence-electron chi connectivity index (χ0n) is 6.30. The van der Waals surface area contributed by atoms with Crippen molar-refractivity contribution < 1.29 is 0 Å². The van der Waals surface area contributed by atoms with E-state index in [1.54, 1.807) is 0 Å². The van der Waals surface area contributed by atoms with Crippen LogP contribution in [-0.4, -0.2) is 16.5 Å². The van der Waals surface area contributed by atoms with E-state index in [1.165, 1.54) is 19.4 Å². The summed E-state index contributed by atoms with van der Waals surface area (Å²) in [6.45, 7) is 1.18. The van der Waals surface area contributed by atoms with Gasteiger partial charge in [0.25, 0.3) is 0 Å². The average molecular weight is 149 g/mol. The Balaban J connectivity index is 2.00. The summed E-state index contributed by atoms with van der Waals surface area (Å²) in [5, 5.41) is 3.52. The second-order valence-corrected chi connectivity index (χ2v) is 3.68. The lowest BCUT2D eigenvalue weighted by molar-refractivity contribution is 0.217. The highest BCUT2D eigenvalue weighted by molar-refractivity contribution is 5.18. The molecule has 0 atom stereocenters. The van der Waals surface area contributed by atoms with Gasteiger partial charge < -0.3 is 10.3 Å². The molecule has 2 saturated heterocycles. The Morgan fingerprint density at radius 2 is 2.45 bits per heavy atom. The summed E-state index contributed by atoms with van der Waals surface area (Å²) < 4.78 is 0. The highest BCUT2D eigenvalue weighted by atomic mass is 15.1. The van der Waals surface area contributed by atoms with Crippen molar-refractivity contribution in [2.45, 2.75) is 18.4 Å². The van der Waals surface area contributed by atoms with Crippen LogP contribution < -0.4 is 5.32 Å². The van der Waals surface area contributed by atoms with Gasteiger partial charge in [0.1, 0.15) is 5.82 Å². The number of fused-ring (bicyclic) bond motifs is 1. The predicted molar refractivity (Wildman–Crippen MR) is 41.0 cm³/mol. The average Bonchev–Trinajstić information content (AvgIpc) is 2.59. The molecule has 0 aromatic carbocycles. The van der Waals surface area contributed by atoms with E-state index in [2.05, 4.69) is 15.3 Å². The number of hydrogen-bond donors (Lipinski definition) is 2. The van der Waals surface area contributed by atoms with E-state index in [4.69, 9.17) is 0 Å². The fourth-order valence-electron chi connectivity index (χ4n) is 2.36. The number of imidazole rings is 1. The zero-order valence-corrected chi connectivity index (χ0v) is 6.30. The van der Waals surface area contributed by atoms with Gasteiger partial charge in [0.05, 0.1) is 5.54 Å². The van der Waals surface area contributed by atoms with Crippen molar-refractivity contribution in [3.63, 3.8) is 0 Å². The summed E-state index contributed by atoms with van der Waals surface area (Å²) in [6, 6.07) is 0. The monoisotopic (exact) mass is 149 g/mol. The molecule has 58 valence electrons. The number of hydrogen-bond acceptors (Lipinski definition) is 2. The molecule has 1 saturated carbocycles. The predicted octanol–water partition coefficient (Wildman–Crippen LogP) is 0.618. The molecule has 0 radical (unpaired) electrons. The topological polar surface area (TPSA) is 40.7 Å². The Morgan fingerprint density at radius 1 is 1.55 bits per heavy atom. The van der Waals surface area contributed by atoms with Gasteiger partial charge in [0.2, 0.25) is 0 Å². The lowest BCUT2D eigenvalue weighted by atomic mass is 9.73. The van der Waals surface area contributed by atoms with E-state index < -0.39 is 0 Å². The van der Waals surface area contributed by atoms with Crippen molar-refractivity contribution in [3.8, 4) is 0 Å². The minimum Gasteiger partial charge on any atom is -0.347 e. The molecule has 1 aromatic heterocycles. The summed E-state index contributed by atoms with van der Waals surface area (Å²) in [5.74, 6) is 2.05. The van der Waals surface area contributed by atoms with E-state index in [0.717, 1.165) is 11.7 Å². The van der Waals surface area contributed by atoms with Crippen molar-refractivity contribution in [1.29, 1.82) is 0 Å². The maximum Gasteiger partial charge on any atom is 0.126 e. The maximum absolute atomic E-state index is 4.29. The second kappa shape index (κ2) is 1.67. The van der Waals surface area contributed by atoms with Crippen LogP contribution in [0.2, 0.25) is 0 Å². The largest absolute Gasteiger partial charge is 0.347 e. The van der Waals surface area contributed by atoms with Crippen molar-refractivity contribution in [2.75, 3.05) is 6.54 Å². The molecule has 2 aliphatic heterocycles. The van der Waals surface area contributed by atoms with Crippen LogP contribution in [-0.2, 0) is 5.54 Å². The van der Waals surface area contributed by atoms with Gasteiger partial charge in [-0.25, -0.2) is 4.98 Å². The fraction of sp³-hybridized carbons (Fsp3) is 0.625. The van der Waals surface area contributed by atoms with Crippen molar-refractivity contribution in [2.24, 2.45) is 5.92 Å². The molecule has 0 spiro atoms. The zero-order chi connectivity index (χ0) is 7.31. The number of aromatic nitrogens is 2. The van der Waals surface area contributed by atoms with Crippen molar-refractivity contribution in [3.05, 3.63) is 18.2 Å². The smallest absolute Gasteiger partial charge is 0.126 e. The Labute approximate surface area is 65.2 Å². The van der Waals surface area contributed by atoms with Crippen LogP contribution in [0.15, 0.2) is 12.4 Å². The van der Waals surface area contributed by atoms with Crippen LogP contribution in [0.3, 0.4) is 0 Å². The molecule has 4 rings (SSSR count). The third kappa shape index (κ3) is 0.594. The van der Waals surface area contributed by atoms with Gasteiger partial charge in [0, 0.05) is 12.4 Å². The molecule has 0 amide bonds. The standard InChI is InChI=1S/C8H11N3/c1-2-10-7(9-1)8-3-6(4-8)5-11-8/h1-2,6,11H,3-5H2,(H,9,10). The first-order valence-electron chi connectivity index (χ1n) is 4.14. The number of H-pyrrole nitrogens is 1. The number of rotatable bonds is 1. The molecule has 3 aliphatic rings. The van der Waals surface area contributed by atoms with Crippen LogP contribution in [0.5, 0.6) is 0 Å². The minimum atomic E-state index is 0.244. The van der Waals surface area contributed by atoms with E-state index >= 15 is 0 Å². The highest BCUT2D eigenvalue weighted by Crippen LogP contribution is 2.49. The Morgan fingerprint density at radius 3 is 3.00 bits per heavy atom. The summed E-state index contributed by atoms with van der Waals surface area (Å²) in [4.78, 5) is 7.47. The minimum absolute atomic E-state index is 0.244. The first kappa shape index (κ1) is 5.77. The van der Waals surface area contributed by atoms with E-state index in [1.807, 2.05) is 12.4 Å². The molecule has 3 nitrogen and oxygen atoms in total. The molecule has 3 heteroatoms.